The van der Waals surface area contributed by atoms with Crippen molar-refractivity contribution >= 4 is 12.0 Å². The minimum absolute atomic E-state index is 0.108. The first kappa shape index (κ1) is 11.2. The van der Waals surface area contributed by atoms with Crippen LogP contribution in [0.3, 0.4) is 0 Å². The van der Waals surface area contributed by atoms with Crippen molar-refractivity contribution in [3.05, 3.63) is 0 Å². The Balaban J connectivity index is 1.93. The van der Waals surface area contributed by atoms with Gasteiger partial charge in [0.2, 0.25) is 5.91 Å². The molecule has 0 unspecified atom stereocenters. The molecule has 2 heterocycles. The lowest BCUT2D eigenvalue weighted by atomic mass is 9.97. The highest BCUT2D eigenvalue weighted by molar-refractivity contribution is 5.80. The molecule has 0 spiro atoms. The number of hydrogen-bond acceptors (Lipinski definition) is 2. The molecule has 0 aromatic carbocycles. The minimum atomic E-state index is -0.904. The second-order valence-electron chi connectivity index (χ2n) is 4.60. The topological polar surface area (TPSA) is 60.9 Å². The Bertz CT molecular complexity index is 287. The first-order valence-electron chi connectivity index (χ1n) is 5.95. The summed E-state index contributed by atoms with van der Waals surface area (Å²) in [5, 5.41) is 8.90. The molecule has 0 saturated carbocycles. The lowest BCUT2D eigenvalue weighted by Gasteiger charge is -2.32. The maximum absolute atomic E-state index is 12.1. The van der Waals surface area contributed by atoms with E-state index in [1.54, 1.807) is 0 Å². The van der Waals surface area contributed by atoms with Gasteiger partial charge in [-0.05, 0) is 25.7 Å². The van der Waals surface area contributed by atoms with Crippen molar-refractivity contribution in [3.8, 4) is 0 Å². The molecular weight excluding hydrogens is 208 g/mol. The van der Waals surface area contributed by atoms with Gasteiger partial charge in [-0.3, -0.25) is 4.79 Å². The average molecular weight is 226 g/mol. The van der Waals surface area contributed by atoms with E-state index in [0.717, 1.165) is 38.8 Å². The normalized spacial score (nSPS) is 25.9. The number of carboxylic acid groups (broad SMARTS) is 1. The summed E-state index contributed by atoms with van der Waals surface area (Å²) in [6, 6.07) is 0. The van der Waals surface area contributed by atoms with Gasteiger partial charge in [-0.2, -0.15) is 0 Å². The molecule has 5 heteroatoms. The summed E-state index contributed by atoms with van der Waals surface area (Å²) in [6.45, 7) is 2.65. The fourth-order valence-corrected chi connectivity index (χ4v) is 2.55. The lowest BCUT2D eigenvalue weighted by molar-refractivity contribution is -0.135. The van der Waals surface area contributed by atoms with Gasteiger partial charge < -0.3 is 14.9 Å². The van der Waals surface area contributed by atoms with Gasteiger partial charge in [-0.15, -0.1) is 0 Å². The molecule has 2 amide bonds. The summed E-state index contributed by atoms with van der Waals surface area (Å²) in [4.78, 5) is 26.2. The molecule has 0 aliphatic carbocycles. The first-order valence-corrected chi connectivity index (χ1v) is 5.95. The van der Waals surface area contributed by atoms with Crippen LogP contribution in [-0.4, -0.2) is 53.1 Å². The Morgan fingerprint density at radius 2 is 1.62 bits per heavy atom. The Kier molecular flexibility index (Phi) is 3.31. The van der Waals surface area contributed by atoms with Crippen molar-refractivity contribution in [3.63, 3.8) is 0 Å². The minimum Gasteiger partial charge on any atom is -0.465 e. The first-order chi connectivity index (χ1) is 7.68. The van der Waals surface area contributed by atoms with Gasteiger partial charge in [0.05, 0.1) is 5.92 Å². The van der Waals surface area contributed by atoms with Crippen LogP contribution in [0.2, 0.25) is 0 Å². The predicted octanol–water partition coefficient (Wildman–Crippen LogP) is 0.999. The van der Waals surface area contributed by atoms with Gasteiger partial charge in [0, 0.05) is 26.2 Å². The number of rotatable bonds is 1. The van der Waals surface area contributed by atoms with Crippen LogP contribution in [-0.2, 0) is 4.79 Å². The quantitative estimate of drug-likeness (QED) is 0.725. The van der Waals surface area contributed by atoms with Crippen LogP contribution in [0, 0.1) is 5.92 Å². The molecule has 0 aromatic rings. The molecular formula is C11H18N2O3. The molecule has 2 aliphatic rings. The van der Waals surface area contributed by atoms with Gasteiger partial charge in [-0.1, -0.05) is 0 Å². The molecule has 1 N–H and O–H groups in total. The van der Waals surface area contributed by atoms with Crippen LogP contribution in [0.1, 0.15) is 25.7 Å². The van der Waals surface area contributed by atoms with E-state index in [4.69, 9.17) is 5.11 Å². The molecule has 0 radical (unpaired) electrons. The van der Waals surface area contributed by atoms with Crippen molar-refractivity contribution in [2.45, 2.75) is 25.7 Å². The maximum atomic E-state index is 12.1. The third kappa shape index (κ3) is 2.28. The van der Waals surface area contributed by atoms with Crippen LogP contribution in [0.25, 0.3) is 0 Å². The molecule has 16 heavy (non-hydrogen) atoms. The summed E-state index contributed by atoms with van der Waals surface area (Å²) in [5.74, 6) is 0.0476. The van der Waals surface area contributed by atoms with E-state index in [0.29, 0.717) is 13.1 Å². The number of nitrogens with zero attached hydrogens (tertiary/aromatic N) is 2. The van der Waals surface area contributed by atoms with Crippen molar-refractivity contribution < 1.29 is 14.7 Å². The molecule has 2 aliphatic heterocycles. The number of carbonyl (C=O) groups is 2. The number of amides is 2. The van der Waals surface area contributed by atoms with Gasteiger partial charge >= 0.3 is 6.09 Å². The van der Waals surface area contributed by atoms with Crippen molar-refractivity contribution in [1.29, 1.82) is 0 Å². The van der Waals surface area contributed by atoms with Gasteiger partial charge in [-0.25, -0.2) is 4.79 Å². The maximum Gasteiger partial charge on any atom is 0.407 e. The van der Waals surface area contributed by atoms with Crippen molar-refractivity contribution in [2.24, 2.45) is 5.92 Å². The summed E-state index contributed by atoms with van der Waals surface area (Å²) >= 11 is 0. The van der Waals surface area contributed by atoms with Gasteiger partial charge in [0.1, 0.15) is 0 Å². The molecule has 90 valence electrons. The highest BCUT2D eigenvalue weighted by atomic mass is 16.4. The standard InChI is InChI=1S/C11H18N2O3/c14-10(12-5-1-2-6-12)9-4-3-7-13(8-9)11(15)16/h9H,1-8H2,(H,15,16)/t9-/m1/s1. The number of carbonyl (C=O) groups excluding carboxylic acids is 1. The number of hydrogen-bond donors (Lipinski definition) is 1. The third-order valence-electron chi connectivity index (χ3n) is 3.46. The van der Waals surface area contributed by atoms with Crippen LogP contribution >= 0.6 is 0 Å². The van der Waals surface area contributed by atoms with E-state index in [-0.39, 0.29) is 11.8 Å². The number of piperidine rings is 1. The van der Waals surface area contributed by atoms with E-state index < -0.39 is 6.09 Å². The smallest absolute Gasteiger partial charge is 0.407 e. The zero-order valence-electron chi connectivity index (χ0n) is 9.39. The summed E-state index contributed by atoms with van der Waals surface area (Å²) in [5.41, 5.74) is 0. The molecule has 2 rings (SSSR count). The monoisotopic (exact) mass is 226 g/mol. The summed E-state index contributed by atoms with van der Waals surface area (Å²) in [6.07, 6.45) is 2.90. The summed E-state index contributed by atoms with van der Waals surface area (Å²) in [7, 11) is 0. The highest BCUT2D eigenvalue weighted by Gasteiger charge is 2.31. The molecule has 0 bridgehead atoms. The highest BCUT2D eigenvalue weighted by Crippen LogP contribution is 2.21. The Morgan fingerprint density at radius 3 is 2.25 bits per heavy atom. The molecule has 2 saturated heterocycles. The third-order valence-corrected chi connectivity index (χ3v) is 3.46. The Hall–Kier alpha value is -1.26. The van der Waals surface area contributed by atoms with Gasteiger partial charge in [0.15, 0.2) is 0 Å². The zero-order chi connectivity index (χ0) is 11.5. The average Bonchev–Trinajstić information content (AvgIpc) is 2.81. The zero-order valence-corrected chi connectivity index (χ0v) is 9.39. The summed E-state index contributed by atoms with van der Waals surface area (Å²) < 4.78 is 0. The van der Waals surface area contributed by atoms with Crippen molar-refractivity contribution in [2.75, 3.05) is 26.2 Å². The van der Waals surface area contributed by atoms with E-state index in [2.05, 4.69) is 0 Å². The van der Waals surface area contributed by atoms with Crippen LogP contribution in [0.4, 0.5) is 4.79 Å². The van der Waals surface area contributed by atoms with E-state index in [9.17, 15) is 9.59 Å². The van der Waals surface area contributed by atoms with Gasteiger partial charge in [0.25, 0.3) is 0 Å². The number of likely N-dealkylation sites (tertiary alicyclic amines) is 2. The van der Waals surface area contributed by atoms with Crippen LogP contribution in [0.5, 0.6) is 0 Å². The second kappa shape index (κ2) is 4.72. The fourth-order valence-electron chi connectivity index (χ4n) is 2.55. The van der Waals surface area contributed by atoms with Crippen LogP contribution < -0.4 is 0 Å². The molecule has 5 nitrogen and oxygen atoms in total. The van der Waals surface area contributed by atoms with Crippen LogP contribution in [0.15, 0.2) is 0 Å². The molecule has 1 atom stereocenters. The molecule has 0 aromatic heterocycles. The van der Waals surface area contributed by atoms with E-state index in [1.807, 2.05) is 4.90 Å². The fraction of sp³-hybridized carbons (Fsp3) is 0.818. The SMILES string of the molecule is O=C(O)N1CCC[C@@H](C(=O)N2CCCC2)C1. The van der Waals surface area contributed by atoms with E-state index >= 15 is 0 Å². The lowest BCUT2D eigenvalue weighted by Crippen LogP contribution is -2.45. The van der Waals surface area contributed by atoms with E-state index in [1.165, 1.54) is 4.90 Å². The predicted molar refractivity (Wildman–Crippen MR) is 58.1 cm³/mol. The molecule has 2 fully saturated rings. The second-order valence-corrected chi connectivity index (χ2v) is 4.60. The van der Waals surface area contributed by atoms with Crippen molar-refractivity contribution in [1.82, 2.24) is 9.80 Å². The Labute approximate surface area is 95.0 Å². The largest absolute Gasteiger partial charge is 0.465 e. The Morgan fingerprint density at radius 1 is 1.00 bits per heavy atom.